The number of rotatable bonds is 10. The van der Waals surface area contributed by atoms with E-state index in [4.69, 9.17) is 9.47 Å². The molecule has 0 radical (unpaired) electrons. The Kier molecular flexibility index (Phi) is 8.08. The van der Waals surface area contributed by atoms with E-state index in [-0.39, 0.29) is 18.9 Å². The number of imide groups is 1. The van der Waals surface area contributed by atoms with Crippen LogP contribution in [0.15, 0.2) is 72.8 Å². The zero-order valence-electron chi connectivity index (χ0n) is 21.3. The first-order valence-corrected chi connectivity index (χ1v) is 12.3. The van der Waals surface area contributed by atoms with Gasteiger partial charge in [-0.15, -0.1) is 0 Å². The van der Waals surface area contributed by atoms with Gasteiger partial charge in [0.1, 0.15) is 17.5 Å². The summed E-state index contributed by atoms with van der Waals surface area (Å²) in [6.45, 7) is 4.76. The van der Waals surface area contributed by atoms with Crippen LogP contribution in [0.5, 0.6) is 11.5 Å². The second-order valence-corrected chi connectivity index (χ2v) is 8.91. The van der Waals surface area contributed by atoms with Crippen molar-refractivity contribution >= 4 is 29.2 Å². The quantitative estimate of drug-likeness (QED) is 0.388. The van der Waals surface area contributed by atoms with E-state index < -0.39 is 18.0 Å². The molecule has 0 saturated carbocycles. The van der Waals surface area contributed by atoms with E-state index in [1.165, 1.54) is 4.90 Å². The molecular formula is C29H31N3O5. The number of ether oxygens (including phenoxy) is 2. The highest BCUT2D eigenvalue weighted by atomic mass is 16.5. The lowest BCUT2D eigenvalue weighted by Gasteiger charge is -2.22. The molecule has 1 fully saturated rings. The van der Waals surface area contributed by atoms with Crippen molar-refractivity contribution in [2.24, 2.45) is 0 Å². The summed E-state index contributed by atoms with van der Waals surface area (Å²) in [7, 11) is 1.58. The minimum absolute atomic E-state index is 0.169. The average molecular weight is 502 g/mol. The summed E-state index contributed by atoms with van der Waals surface area (Å²) in [6, 6.07) is 20.1. The number of methoxy groups -OCH3 is 1. The highest BCUT2D eigenvalue weighted by molar-refractivity contribution is 6.22. The van der Waals surface area contributed by atoms with Gasteiger partial charge in [0, 0.05) is 12.2 Å². The van der Waals surface area contributed by atoms with Crippen molar-refractivity contribution in [3.8, 4) is 11.5 Å². The summed E-state index contributed by atoms with van der Waals surface area (Å²) >= 11 is 0. The van der Waals surface area contributed by atoms with Crippen LogP contribution in [0.4, 0.5) is 16.2 Å². The maximum Gasteiger partial charge on any atom is 0.332 e. The summed E-state index contributed by atoms with van der Waals surface area (Å²) in [5.74, 6) is 0.617. The lowest BCUT2D eigenvalue weighted by molar-refractivity contribution is -0.124. The molecule has 4 rings (SSSR count). The Balaban J connectivity index is 1.53. The van der Waals surface area contributed by atoms with Crippen molar-refractivity contribution in [3.63, 3.8) is 0 Å². The molecule has 8 heteroatoms. The summed E-state index contributed by atoms with van der Waals surface area (Å²) in [5.41, 5.74) is 2.90. The van der Waals surface area contributed by atoms with Crippen molar-refractivity contribution in [2.75, 3.05) is 23.9 Å². The zero-order valence-corrected chi connectivity index (χ0v) is 21.3. The Morgan fingerprint density at radius 2 is 1.57 bits per heavy atom. The highest BCUT2D eigenvalue weighted by Crippen LogP contribution is 2.29. The maximum absolute atomic E-state index is 13.5. The SMILES string of the molecule is CCCOc1ccc(NC(=O)C[C@H]2C(=O)N(c3ccc(C)cc3)C(=O)N2Cc2ccc(OC)cc2)cc1. The van der Waals surface area contributed by atoms with E-state index in [1.807, 2.05) is 38.1 Å². The molecule has 0 aromatic heterocycles. The normalized spacial score (nSPS) is 15.2. The van der Waals surface area contributed by atoms with Gasteiger partial charge in [-0.1, -0.05) is 36.8 Å². The molecule has 4 amide bonds. The van der Waals surface area contributed by atoms with E-state index in [9.17, 15) is 14.4 Å². The topological polar surface area (TPSA) is 88.2 Å². The van der Waals surface area contributed by atoms with Crippen LogP contribution >= 0.6 is 0 Å². The number of carbonyl (C=O) groups is 3. The number of hydrogen-bond acceptors (Lipinski definition) is 5. The number of aryl methyl sites for hydroxylation is 1. The molecule has 1 saturated heterocycles. The lowest BCUT2D eigenvalue weighted by atomic mass is 10.1. The molecule has 0 spiro atoms. The molecule has 3 aromatic rings. The predicted octanol–water partition coefficient (Wildman–Crippen LogP) is 5.16. The van der Waals surface area contributed by atoms with Crippen LogP contribution in [0.25, 0.3) is 0 Å². The molecular weight excluding hydrogens is 470 g/mol. The van der Waals surface area contributed by atoms with Crippen LogP contribution in [0.1, 0.15) is 30.9 Å². The molecule has 8 nitrogen and oxygen atoms in total. The van der Waals surface area contributed by atoms with Crippen LogP contribution in [0.3, 0.4) is 0 Å². The molecule has 1 aliphatic rings. The fourth-order valence-electron chi connectivity index (χ4n) is 4.11. The number of urea groups is 1. The van der Waals surface area contributed by atoms with Crippen molar-refractivity contribution in [3.05, 3.63) is 83.9 Å². The van der Waals surface area contributed by atoms with Crippen molar-refractivity contribution in [1.82, 2.24) is 4.90 Å². The van der Waals surface area contributed by atoms with Crippen LogP contribution in [0, 0.1) is 6.92 Å². The summed E-state index contributed by atoms with van der Waals surface area (Å²) in [5, 5.41) is 2.83. The molecule has 0 aliphatic carbocycles. The molecule has 37 heavy (non-hydrogen) atoms. The van der Waals surface area contributed by atoms with Crippen molar-refractivity contribution in [2.45, 2.75) is 39.3 Å². The predicted molar refractivity (Wildman–Crippen MR) is 142 cm³/mol. The van der Waals surface area contributed by atoms with Gasteiger partial charge < -0.3 is 19.7 Å². The van der Waals surface area contributed by atoms with Gasteiger partial charge in [0.2, 0.25) is 5.91 Å². The zero-order chi connectivity index (χ0) is 26.4. The van der Waals surface area contributed by atoms with Gasteiger partial charge in [-0.25, -0.2) is 9.69 Å². The second-order valence-electron chi connectivity index (χ2n) is 8.91. The maximum atomic E-state index is 13.5. The number of anilines is 2. The van der Waals surface area contributed by atoms with E-state index in [1.54, 1.807) is 55.6 Å². The van der Waals surface area contributed by atoms with Gasteiger partial charge in [-0.05, 0) is 67.4 Å². The fraction of sp³-hybridized carbons (Fsp3) is 0.276. The summed E-state index contributed by atoms with van der Waals surface area (Å²) < 4.78 is 10.8. The van der Waals surface area contributed by atoms with Gasteiger partial charge >= 0.3 is 6.03 Å². The molecule has 1 aliphatic heterocycles. The molecule has 1 heterocycles. The smallest absolute Gasteiger partial charge is 0.332 e. The van der Waals surface area contributed by atoms with E-state index in [0.717, 1.165) is 28.2 Å². The van der Waals surface area contributed by atoms with E-state index in [0.29, 0.717) is 23.7 Å². The number of nitrogens with zero attached hydrogens (tertiary/aromatic N) is 2. The van der Waals surface area contributed by atoms with Gasteiger partial charge in [0.25, 0.3) is 5.91 Å². The highest BCUT2D eigenvalue weighted by Gasteiger charge is 2.46. The van der Waals surface area contributed by atoms with Crippen molar-refractivity contribution in [1.29, 1.82) is 0 Å². The van der Waals surface area contributed by atoms with Gasteiger partial charge in [0.15, 0.2) is 0 Å². The minimum atomic E-state index is -0.942. The Morgan fingerprint density at radius 1 is 0.919 bits per heavy atom. The third kappa shape index (κ3) is 6.09. The number of hydrogen-bond donors (Lipinski definition) is 1. The Bertz CT molecular complexity index is 1240. The lowest BCUT2D eigenvalue weighted by Crippen LogP contribution is -2.37. The fourth-order valence-corrected chi connectivity index (χ4v) is 4.11. The average Bonchev–Trinajstić information content (AvgIpc) is 3.13. The van der Waals surface area contributed by atoms with Crippen molar-refractivity contribution < 1.29 is 23.9 Å². The number of carbonyl (C=O) groups excluding carboxylic acids is 3. The van der Waals surface area contributed by atoms with E-state index in [2.05, 4.69) is 5.32 Å². The van der Waals surface area contributed by atoms with Crippen LogP contribution < -0.4 is 19.7 Å². The van der Waals surface area contributed by atoms with Crippen LogP contribution in [0.2, 0.25) is 0 Å². The first-order valence-electron chi connectivity index (χ1n) is 12.3. The molecule has 0 bridgehead atoms. The molecule has 192 valence electrons. The summed E-state index contributed by atoms with van der Waals surface area (Å²) in [6.07, 6.45) is 0.733. The minimum Gasteiger partial charge on any atom is -0.497 e. The molecule has 1 N–H and O–H groups in total. The summed E-state index contributed by atoms with van der Waals surface area (Å²) in [4.78, 5) is 42.5. The van der Waals surface area contributed by atoms with E-state index >= 15 is 0 Å². The largest absolute Gasteiger partial charge is 0.497 e. The standard InChI is InChI=1S/C29H31N3O5/c1-4-17-37-25-15-9-22(10-16-25)30-27(33)18-26-28(34)32(23-11-5-20(2)6-12-23)29(35)31(26)19-21-7-13-24(36-3)14-8-21/h5-16,26H,4,17-19H2,1-3H3,(H,30,33)/t26-/m0/s1. The Hall–Kier alpha value is -4.33. The Morgan fingerprint density at radius 3 is 2.19 bits per heavy atom. The van der Waals surface area contributed by atoms with Gasteiger partial charge in [-0.2, -0.15) is 0 Å². The third-order valence-corrected chi connectivity index (χ3v) is 6.11. The van der Waals surface area contributed by atoms with Gasteiger partial charge in [0.05, 0.1) is 25.8 Å². The van der Waals surface area contributed by atoms with Crippen LogP contribution in [-0.2, 0) is 16.1 Å². The first-order chi connectivity index (χ1) is 17.9. The monoisotopic (exact) mass is 501 g/mol. The second kappa shape index (κ2) is 11.6. The molecule has 1 atom stereocenters. The Labute approximate surface area is 216 Å². The number of nitrogens with one attached hydrogen (secondary N) is 1. The number of benzene rings is 3. The number of amides is 4. The molecule has 0 unspecified atom stereocenters. The van der Waals surface area contributed by atoms with Gasteiger partial charge in [-0.3, -0.25) is 9.59 Å². The van der Waals surface area contributed by atoms with Crippen LogP contribution in [-0.4, -0.2) is 42.5 Å². The first kappa shape index (κ1) is 25.8. The molecule has 3 aromatic carbocycles. The third-order valence-electron chi connectivity index (χ3n) is 6.11.